The van der Waals surface area contributed by atoms with Crippen LogP contribution in [0.4, 0.5) is 11.9 Å². The normalized spacial score (nSPS) is 19.3. The average molecular weight is 363 g/mol. The van der Waals surface area contributed by atoms with Crippen molar-refractivity contribution in [2.24, 2.45) is 13.0 Å². The van der Waals surface area contributed by atoms with Crippen molar-refractivity contribution in [3.05, 3.63) is 5.82 Å². The lowest BCUT2D eigenvalue weighted by Crippen LogP contribution is -3.00. The second-order valence-corrected chi connectivity index (χ2v) is 4.90. The van der Waals surface area contributed by atoms with Gasteiger partial charge in [-0.2, -0.15) is 0 Å². The Labute approximate surface area is 126 Å². The van der Waals surface area contributed by atoms with Gasteiger partial charge in [0.1, 0.15) is 0 Å². The number of nitrogens with zero attached hydrogens (tertiary/aromatic N) is 4. The van der Waals surface area contributed by atoms with Crippen LogP contribution < -0.4 is 38.8 Å². The molecule has 0 aromatic carbocycles. The van der Waals surface area contributed by atoms with E-state index in [0.29, 0.717) is 0 Å². The van der Waals surface area contributed by atoms with Gasteiger partial charge in [-0.3, -0.25) is 5.32 Å². The van der Waals surface area contributed by atoms with Gasteiger partial charge in [0.25, 0.3) is 0 Å². The van der Waals surface area contributed by atoms with E-state index in [0.717, 1.165) is 36.7 Å². The third-order valence-corrected chi connectivity index (χ3v) is 3.43. The van der Waals surface area contributed by atoms with E-state index < -0.39 is 0 Å². The maximum Gasteiger partial charge on any atom is 0.351 e. The highest BCUT2D eigenvalue weighted by molar-refractivity contribution is 5.34. The molecular formula is C12H22IN5. The molecule has 1 aliphatic rings. The zero-order valence-corrected chi connectivity index (χ0v) is 13.7. The molecule has 18 heavy (non-hydrogen) atoms. The van der Waals surface area contributed by atoms with Crippen molar-refractivity contribution >= 4 is 11.9 Å². The minimum Gasteiger partial charge on any atom is -1.00 e. The van der Waals surface area contributed by atoms with Crippen molar-refractivity contribution in [2.45, 2.75) is 26.7 Å². The van der Waals surface area contributed by atoms with Gasteiger partial charge in [0.2, 0.25) is 5.82 Å². The van der Waals surface area contributed by atoms with Crippen LogP contribution in [0.25, 0.3) is 0 Å². The minimum absolute atomic E-state index is 0. The van der Waals surface area contributed by atoms with E-state index in [1.165, 1.54) is 12.8 Å². The fourth-order valence-corrected chi connectivity index (χ4v) is 2.30. The largest absolute Gasteiger partial charge is 1.00 e. The molecule has 1 unspecified atom stereocenters. The Morgan fingerprint density at radius 1 is 1.39 bits per heavy atom. The topological polar surface area (TPSA) is 44.9 Å². The van der Waals surface area contributed by atoms with E-state index in [9.17, 15) is 0 Å². The summed E-state index contributed by atoms with van der Waals surface area (Å²) in [4.78, 5) is 11.4. The van der Waals surface area contributed by atoms with Crippen LogP contribution in [0, 0.1) is 12.8 Å². The van der Waals surface area contributed by atoms with Gasteiger partial charge in [-0.25, -0.2) is 4.57 Å². The van der Waals surface area contributed by atoms with Crippen molar-refractivity contribution < 1.29 is 28.5 Å². The van der Waals surface area contributed by atoms with Crippen LogP contribution in [0.1, 0.15) is 25.6 Å². The van der Waals surface area contributed by atoms with E-state index in [2.05, 4.69) is 27.1 Å². The molecule has 1 aromatic heterocycles. The van der Waals surface area contributed by atoms with Gasteiger partial charge >= 0.3 is 11.9 Å². The predicted molar refractivity (Wildman–Crippen MR) is 68.1 cm³/mol. The van der Waals surface area contributed by atoms with Gasteiger partial charge in [0, 0.05) is 27.1 Å². The molecule has 1 fully saturated rings. The monoisotopic (exact) mass is 363 g/mol. The standard InChI is InChI=1S/C12H21N5.HI/c1-9-6-5-7-17(8-9)12-14-10(2)16(4)11(13-3)15-12;/h9H,5-8H2,1-4H3;1H. The van der Waals surface area contributed by atoms with Gasteiger partial charge < -0.3 is 28.9 Å². The summed E-state index contributed by atoms with van der Waals surface area (Å²) in [5.74, 6) is 3.44. The van der Waals surface area contributed by atoms with Gasteiger partial charge in [-0.15, -0.1) is 0 Å². The number of nitrogens with one attached hydrogen (secondary N) is 1. The third-order valence-electron chi connectivity index (χ3n) is 3.43. The molecular weight excluding hydrogens is 341 g/mol. The number of hydrogen-bond acceptors (Lipinski definition) is 4. The second-order valence-electron chi connectivity index (χ2n) is 4.90. The molecule has 5 nitrogen and oxygen atoms in total. The van der Waals surface area contributed by atoms with Crippen molar-refractivity contribution in [1.29, 1.82) is 0 Å². The van der Waals surface area contributed by atoms with Gasteiger partial charge in [0.05, 0.1) is 7.05 Å². The Balaban J connectivity index is 0.00000162. The van der Waals surface area contributed by atoms with Gasteiger partial charge in [0.15, 0.2) is 0 Å². The number of halogens is 1. The molecule has 6 heteroatoms. The lowest BCUT2D eigenvalue weighted by atomic mass is 10.0. The summed E-state index contributed by atoms with van der Waals surface area (Å²) in [6.07, 6.45) is 2.55. The maximum atomic E-state index is 4.58. The van der Waals surface area contributed by atoms with E-state index in [1.807, 2.05) is 25.6 Å². The lowest BCUT2D eigenvalue weighted by Gasteiger charge is -2.29. The first-order valence-corrected chi connectivity index (χ1v) is 6.29. The molecule has 0 saturated carbocycles. The first kappa shape index (κ1) is 15.4. The summed E-state index contributed by atoms with van der Waals surface area (Å²) in [6.45, 7) is 6.44. The molecule has 102 valence electrons. The van der Waals surface area contributed by atoms with Crippen molar-refractivity contribution in [2.75, 3.05) is 30.4 Å². The molecule has 1 atom stereocenters. The van der Waals surface area contributed by atoms with Crippen LogP contribution in [0.3, 0.4) is 0 Å². The van der Waals surface area contributed by atoms with Crippen molar-refractivity contribution in [3.63, 3.8) is 0 Å². The summed E-state index contributed by atoms with van der Waals surface area (Å²) in [5.41, 5.74) is 0. The number of rotatable bonds is 2. The molecule has 0 amide bonds. The Hall–Kier alpha value is -0.660. The molecule has 0 radical (unpaired) electrons. The number of hydrogen-bond donors (Lipinski definition) is 1. The van der Waals surface area contributed by atoms with E-state index in [-0.39, 0.29) is 24.0 Å². The molecule has 1 aliphatic heterocycles. The molecule has 1 aromatic rings. The number of aryl methyl sites for hydroxylation is 1. The quantitative estimate of drug-likeness (QED) is 0.483. The Morgan fingerprint density at radius 3 is 2.72 bits per heavy atom. The summed E-state index contributed by atoms with van der Waals surface area (Å²) in [7, 11) is 3.87. The first-order valence-electron chi connectivity index (χ1n) is 6.29. The predicted octanol–water partition coefficient (Wildman–Crippen LogP) is -2.11. The number of anilines is 2. The van der Waals surface area contributed by atoms with Crippen LogP contribution in [0.5, 0.6) is 0 Å². The molecule has 0 aliphatic carbocycles. The fourth-order valence-electron chi connectivity index (χ4n) is 2.30. The van der Waals surface area contributed by atoms with Gasteiger partial charge in [-0.1, -0.05) is 16.9 Å². The molecule has 2 rings (SSSR count). The molecule has 1 N–H and O–H groups in total. The smallest absolute Gasteiger partial charge is 0.351 e. The Morgan fingerprint density at radius 2 is 2.11 bits per heavy atom. The van der Waals surface area contributed by atoms with Crippen LogP contribution >= 0.6 is 0 Å². The van der Waals surface area contributed by atoms with E-state index >= 15 is 0 Å². The summed E-state index contributed by atoms with van der Waals surface area (Å²) < 4.78 is 1.97. The molecule has 2 heterocycles. The van der Waals surface area contributed by atoms with Crippen LogP contribution in [0.15, 0.2) is 0 Å². The maximum absolute atomic E-state index is 4.58. The van der Waals surface area contributed by atoms with Gasteiger partial charge in [-0.05, 0) is 18.8 Å². The zero-order valence-electron chi connectivity index (χ0n) is 11.6. The number of piperidine rings is 1. The molecule has 1 saturated heterocycles. The lowest BCUT2D eigenvalue weighted by molar-refractivity contribution is -0.669. The summed E-state index contributed by atoms with van der Waals surface area (Å²) >= 11 is 0. The molecule has 0 bridgehead atoms. The Kier molecular flexibility index (Phi) is 5.55. The van der Waals surface area contributed by atoms with Crippen molar-refractivity contribution in [1.82, 2.24) is 9.97 Å². The zero-order chi connectivity index (χ0) is 12.4. The summed E-state index contributed by atoms with van der Waals surface area (Å²) in [5, 5.41) is 3.11. The third kappa shape index (κ3) is 3.21. The highest BCUT2D eigenvalue weighted by Crippen LogP contribution is 2.19. The highest BCUT2D eigenvalue weighted by atomic mass is 127. The van der Waals surface area contributed by atoms with Crippen LogP contribution in [-0.2, 0) is 7.05 Å². The number of aromatic nitrogens is 3. The Bertz CT molecular complexity index is 410. The highest BCUT2D eigenvalue weighted by Gasteiger charge is 2.24. The first-order chi connectivity index (χ1) is 8.11. The van der Waals surface area contributed by atoms with E-state index in [1.54, 1.807) is 0 Å². The van der Waals surface area contributed by atoms with Crippen LogP contribution in [0.2, 0.25) is 0 Å². The van der Waals surface area contributed by atoms with Crippen LogP contribution in [-0.4, -0.2) is 30.1 Å². The molecule has 0 spiro atoms. The second kappa shape index (κ2) is 6.49. The SMILES string of the molecule is CNc1nc(N2CCCC(C)C2)nc(C)[n+]1C.[I-]. The minimum atomic E-state index is 0. The fraction of sp³-hybridized carbons (Fsp3) is 0.750. The van der Waals surface area contributed by atoms with E-state index in [4.69, 9.17) is 0 Å². The average Bonchev–Trinajstić information content (AvgIpc) is 2.32. The summed E-state index contributed by atoms with van der Waals surface area (Å²) in [6, 6.07) is 0. The van der Waals surface area contributed by atoms with Crippen molar-refractivity contribution in [3.8, 4) is 0 Å².